The Bertz CT molecular complexity index is 626. The second kappa shape index (κ2) is 3.79. The molecule has 3 rings (SSSR count). The van der Waals surface area contributed by atoms with Crippen LogP contribution in [0.3, 0.4) is 0 Å². The Morgan fingerprint density at radius 1 is 0.944 bits per heavy atom. The summed E-state index contributed by atoms with van der Waals surface area (Å²) in [6.45, 7) is 1.70. The van der Waals surface area contributed by atoms with Gasteiger partial charge in [-0.2, -0.15) is 0 Å². The van der Waals surface area contributed by atoms with Crippen molar-refractivity contribution in [3.8, 4) is 11.1 Å². The van der Waals surface area contributed by atoms with Gasteiger partial charge >= 0.3 is 0 Å². The molecule has 0 fully saturated rings. The van der Waals surface area contributed by atoms with Crippen LogP contribution in [-0.4, -0.2) is 10.9 Å². The summed E-state index contributed by atoms with van der Waals surface area (Å²) in [6.07, 6.45) is 0.126. The van der Waals surface area contributed by atoms with Gasteiger partial charge in [0, 0.05) is 12.0 Å². The average Bonchev–Trinajstić information content (AvgIpc) is 2.45. The molecule has 0 spiro atoms. The molecular weight excluding hydrogens is 224 g/mol. The predicted octanol–water partition coefficient (Wildman–Crippen LogP) is 3.15. The van der Waals surface area contributed by atoms with Crippen LogP contribution in [0, 0.1) is 0 Å². The summed E-state index contributed by atoms with van der Waals surface area (Å²) in [4.78, 5) is 12.2. The molecule has 0 heterocycles. The summed E-state index contributed by atoms with van der Waals surface area (Å²) in [5, 5.41) is 10.5. The van der Waals surface area contributed by atoms with E-state index in [-0.39, 0.29) is 12.2 Å². The van der Waals surface area contributed by atoms with Crippen molar-refractivity contribution in [1.82, 2.24) is 0 Å². The summed E-state index contributed by atoms with van der Waals surface area (Å²) < 4.78 is 0. The van der Waals surface area contributed by atoms with Crippen molar-refractivity contribution >= 4 is 5.78 Å². The van der Waals surface area contributed by atoms with Crippen LogP contribution in [0.15, 0.2) is 48.5 Å². The van der Waals surface area contributed by atoms with Crippen molar-refractivity contribution in [3.05, 3.63) is 59.7 Å². The van der Waals surface area contributed by atoms with Crippen molar-refractivity contribution in [2.75, 3.05) is 0 Å². The first-order valence-electron chi connectivity index (χ1n) is 6.04. The number of hydrogen-bond acceptors (Lipinski definition) is 2. The van der Waals surface area contributed by atoms with E-state index in [2.05, 4.69) is 0 Å². The zero-order valence-electron chi connectivity index (χ0n) is 10.2. The normalized spacial score (nSPS) is 22.0. The van der Waals surface area contributed by atoms with Crippen molar-refractivity contribution in [2.24, 2.45) is 0 Å². The minimum absolute atomic E-state index is 0.00759. The Morgan fingerprint density at radius 3 is 2.22 bits per heavy atom. The maximum atomic E-state index is 12.2. The van der Waals surface area contributed by atoms with E-state index < -0.39 is 5.60 Å². The van der Waals surface area contributed by atoms with Crippen LogP contribution in [0.4, 0.5) is 0 Å². The van der Waals surface area contributed by atoms with E-state index in [1.165, 1.54) is 0 Å². The number of Topliss-reactive ketones (excluding diaryl/α,β-unsaturated/α-hetero) is 1. The zero-order valence-corrected chi connectivity index (χ0v) is 10.2. The third kappa shape index (κ3) is 1.57. The number of hydrogen-bond donors (Lipinski definition) is 1. The minimum atomic E-state index is -1.10. The van der Waals surface area contributed by atoms with Crippen molar-refractivity contribution in [2.45, 2.75) is 18.9 Å². The summed E-state index contributed by atoms with van der Waals surface area (Å²) in [5.41, 5.74) is 2.28. The number of carbonyl (C=O) groups excluding carboxylic acids is 1. The topological polar surface area (TPSA) is 37.3 Å². The van der Waals surface area contributed by atoms with Crippen LogP contribution in [-0.2, 0) is 5.60 Å². The van der Waals surface area contributed by atoms with Gasteiger partial charge in [-0.05, 0) is 23.6 Å². The summed E-state index contributed by atoms with van der Waals surface area (Å²) >= 11 is 0. The lowest BCUT2D eigenvalue weighted by Crippen LogP contribution is -2.24. The van der Waals surface area contributed by atoms with Crippen molar-refractivity contribution in [3.63, 3.8) is 0 Å². The van der Waals surface area contributed by atoms with E-state index in [0.717, 1.165) is 16.7 Å². The monoisotopic (exact) mass is 238 g/mol. The number of carbonyl (C=O) groups is 1. The van der Waals surface area contributed by atoms with Gasteiger partial charge in [-0.1, -0.05) is 48.5 Å². The first-order chi connectivity index (χ1) is 8.59. The molecule has 1 unspecified atom stereocenters. The summed E-state index contributed by atoms with van der Waals surface area (Å²) in [7, 11) is 0. The Kier molecular flexibility index (Phi) is 2.35. The molecular formula is C16H14O2. The third-order valence-corrected chi connectivity index (χ3v) is 3.53. The Hall–Kier alpha value is -1.93. The number of ketones is 1. The molecule has 0 radical (unpaired) electrons. The lowest BCUT2D eigenvalue weighted by molar-refractivity contribution is 0.0443. The highest BCUT2D eigenvalue weighted by Crippen LogP contribution is 2.39. The molecule has 18 heavy (non-hydrogen) atoms. The van der Waals surface area contributed by atoms with Crippen molar-refractivity contribution in [1.29, 1.82) is 0 Å². The molecule has 2 nitrogen and oxygen atoms in total. The average molecular weight is 238 g/mol. The van der Waals surface area contributed by atoms with Crippen LogP contribution in [0.2, 0.25) is 0 Å². The molecule has 0 amide bonds. The van der Waals surface area contributed by atoms with Crippen LogP contribution in [0.1, 0.15) is 29.3 Å². The first-order valence-corrected chi connectivity index (χ1v) is 6.04. The maximum Gasteiger partial charge on any atom is 0.166 e. The molecule has 2 aromatic rings. The second-order valence-corrected chi connectivity index (χ2v) is 4.96. The quantitative estimate of drug-likeness (QED) is 0.765. The molecule has 0 saturated heterocycles. The third-order valence-electron chi connectivity index (χ3n) is 3.53. The molecule has 0 aromatic heterocycles. The predicted molar refractivity (Wildman–Crippen MR) is 70.4 cm³/mol. The largest absolute Gasteiger partial charge is 0.385 e. The van der Waals surface area contributed by atoms with Gasteiger partial charge in [-0.25, -0.2) is 0 Å². The number of rotatable bonds is 0. The van der Waals surface area contributed by atoms with E-state index in [0.29, 0.717) is 5.56 Å². The molecule has 1 aliphatic rings. The fourth-order valence-corrected chi connectivity index (χ4v) is 2.65. The molecule has 1 aliphatic carbocycles. The van der Waals surface area contributed by atoms with Crippen LogP contribution in [0.25, 0.3) is 11.1 Å². The molecule has 1 N–H and O–H groups in total. The summed E-state index contributed by atoms with van der Waals surface area (Å²) in [6, 6.07) is 15.2. The number of benzene rings is 2. The van der Waals surface area contributed by atoms with Crippen LogP contribution >= 0.6 is 0 Å². The van der Waals surface area contributed by atoms with Gasteiger partial charge in [0.1, 0.15) is 0 Å². The van der Waals surface area contributed by atoms with Gasteiger partial charge in [-0.15, -0.1) is 0 Å². The highest BCUT2D eigenvalue weighted by molar-refractivity contribution is 6.04. The fourth-order valence-electron chi connectivity index (χ4n) is 2.65. The number of aliphatic hydroxyl groups is 1. The molecule has 2 heteroatoms. The zero-order chi connectivity index (χ0) is 12.8. The van der Waals surface area contributed by atoms with Gasteiger partial charge in [0.25, 0.3) is 0 Å². The van der Waals surface area contributed by atoms with Gasteiger partial charge in [0.05, 0.1) is 5.60 Å². The lowest BCUT2D eigenvalue weighted by Gasteiger charge is -2.23. The highest BCUT2D eigenvalue weighted by Gasteiger charge is 2.33. The Balaban J connectivity index is 2.37. The fraction of sp³-hybridized carbons (Fsp3) is 0.188. The molecule has 0 aliphatic heterocycles. The summed E-state index contributed by atoms with van der Waals surface area (Å²) in [5.74, 6) is -0.00759. The molecule has 0 bridgehead atoms. The van der Waals surface area contributed by atoms with E-state index in [4.69, 9.17) is 0 Å². The van der Waals surface area contributed by atoms with Crippen LogP contribution in [0.5, 0.6) is 0 Å². The van der Waals surface area contributed by atoms with E-state index in [1.807, 2.05) is 48.5 Å². The van der Waals surface area contributed by atoms with E-state index >= 15 is 0 Å². The van der Waals surface area contributed by atoms with Gasteiger partial charge in [0.2, 0.25) is 0 Å². The van der Waals surface area contributed by atoms with Gasteiger partial charge in [-0.3, -0.25) is 4.79 Å². The molecule has 1 atom stereocenters. The first kappa shape index (κ1) is 11.2. The lowest BCUT2D eigenvalue weighted by atomic mass is 9.89. The van der Waals surface area contributed by atoms with Gasteiger partial charge in [0.15, 0.2) is 5.78 Å². The molecule has 90 valence electrons. The second-order valence-electron chi connectivity index (χ2n) is 4.96. The van der Waals surface area contributed by atoms with Gasteiger partial charge < -0.3 is 5.11 Å². The van der Waals surface area contributed by atoms with Crippen molar-refractivity contribution < 1.29 is 9.90 Å². The molecule has 0 saturated carbocycles. The molecule has 2 aromatic carbocycles. The SMILES string of the molecule is CC1(O)CC(=O)c2ccccc2-c2ccccc21. The van der Waals surface area contributed by atoms with E-state index in [9.17, 15) is 9.90 Å². The Labute approximate surface area is 106 Å². The minimum Gasteiger partial charge on any atom is -0.385 e. The number of fused-ring (bicyclic) bond motifs is 3. The Morgan fingerprint density at radius 2 is 1.50 bits per heavy atom. The standard InChI is InChI=1S/C16H14O2/c1-16(18)10-15(17)13-8-3-2-6-11(13)12-7-4-5-9-14(12)16/h2-9,18H,10H2,1H3. The van der Waals surface area contributed by atoms with Crippen LogP contribution < -0.4 is 0 Å². The maximum absolute atomic E-state index is 12.2. The highest BCUT2D eigenvalue weighted by atomic mass is 16.3. The smallest absolute Gasteiger partial charge is 0.166 e. The van der Waals surface area contributed by atoms with E-state index in [1.54, 1.807) is 6.92 Å².